The third kappa shape index (κ3) is 4.86. The van der Waals surface area contributed by atoms with Crippen molar-refractivity contribution < 1.29 is 18.6 Å². The molecular formula is C21H22F2N2O2. The summed E-state index contributed by atoms with van der Waals surface area (Å²) >= 11 is 0. The Morgan fingerprint density at radius 2 is 1.89 bits per heavy atom. The molecule has 0 fully saturated rings. The van der Waals surface area contributed by atoms with Gasteiger partial charge in [-0.3, -0.25) is 10.4 Å². The lowest BCUT2D eigenvalue weighted by Crippen LogP contribution is -2.36. The average molecular weight is 372 g/mol. The summed E-state index contributed by atoms with van der Waals surface area (Å²) in [6, 6.07) is 11.2. The number of hydrogen-bond acceptors (Lipinski definition) is 4. The number of halogens is 2. The monoisotopic (exact) mass is 372 g/mol. The van der Waals surface area contributed by atoms with E-state index in [4.69, 9.17) is 4.74 Å². The summed E-state index contributed by atoms with van der Waals surface area (Å²) in [4.78, 5) is 0. The van der Waals surface area contributed by atoms with Crippen LogP contribution in [0.3, 0.4) is 0 Å². The number of benzene rings is 2. The van der Waals surface area contributed by atoms with Crippen LogP contribution in [0.2, 0.25) is 0 Å². The second-order valence-corrected chi connectivity index (χ2v) is 6.30. The Bertz CT molecular complexity index is 848. The van der Waals surface area contributed by atoms with Crippen LogP contribution < -0.4 is 10.2 Å². The van der Waals surface area contributed by atoms with Crippen LogP contribution in [0.1, 0.15) is 17.5 Å². The Labute approximate surface area is 157 Å². The van der Waals surface area contributed by atoms with E-state index in [0.717, 1.165) is 24.0 Å². The van der Waals surface area contributed by atoms with Crippen molar-refractivity contribution in [2.24, 2.45) is 0 Å². The minimum Gasteiger partial charge on any atom is -0.494 e. The highest BCUT2D eigenvalue weighted by Gasteiger charge is 2.14. The van der Waals surface area contributed by atoms with E-state index < -0.39 is 5.82 Å². The molecule has 0 saturated carbocycles. The number of hydrazine groups is 1. The van der Waals surface area contributed by atoms with E-state index >= 15 is 0 Å². The van der Waals surface area contributed by atoms with Gasteiger partial charge in [-0.1, -0.05) is 12.1 Å². The van der Waals surface area contributed by atoms with Crippen molar-refractivity contribution in [3.05, 3.63) is 83.1 Å². The van der Waals surface area contributed by atoms with Crippen LogP contribution in [0.25, 0.3) is 5.70 Å². The van der Waals surface area contributed by atoms with E-state index in [-0.39, 0.29) is 18.2 Å². The van der Waals surface area contributed by atoms with Crippen LogP contribution in [0.5, 0.6) is 5.75 Å². The van der Waals surface area contributed by atoms with Gasteiger partial charge in [0.25, 0.3) is 0 Å². The lowest BCUT2D eigenvalue weighted by molar-refractivity contribution is 0.295. The van der Waals surface area contributed by atoms with Crippen molar-refractivity contribution in [3.63, 3.8) is 0 Å². The number of ether oxygens (including phenoxy) is 1. The molecule has 1 heterocycles. The maximum atomic E-state index is 14.0. The normalized spacial score (nSPS) is 13.7. The summed E-state index contributed by atoms with van der Waals surface area (Å²) in [7, 11) is 1.42. The van der Waals surface area contributed by atoms with Gasteiger partial charge in [-0.25, -0.2) is 8.78 Å². The Morgan fingerprint density at radius 1 is 1.11 bits per heavy atom. The zero-order chi connectivity index (χ0) is 19.2. The second kappa shape index (κ2) is 8.68. The number of aliphatic hydroxyl groups excluding tert-OH is 1. The molecule has 142 valence electrons. The second-order valence-electron chi connectivity index (χ2n) is 6.30. The maximum absolute atomic E-state index is 14.0. The minimum atomic E-state index is -0.444. The van der Waals surface area contributed by atoms with Gasteiger partial charge in [0.1, 0.15) is 5.82 Å². The van der Waals surface area contributed by atoms with Crippen molar-refractivity contribution in [2.45, 2.75) is 12.8 Å². The summed E-state index contributed by atoms with van der Waals surface area (Å²) in [5, 5.41) is 11.4. The summed E-state index contributed by atoms with van der Waals surface area (Å²) in [5.74, 6) is -0.502. The zero-order valence-electron chi connectivity index (χ0n) is 15.1. The first-order chi connectivity index (χ1) is 13.1. The van der Waals surface area contributed by atoms with E-state index in [2.05, 4.69) is 5.43 Å². The van der Waals surface area contributed by atoms with Gasteiger partial charge in [0, 0.05) is 18.3 Å². The summed E-state index contributed by atoms with van der Waals surface area (Å²) in [5.41, 5.74) is 6.38. The molecule has 2 aromatic carbocycles. The predicted molar refractivity (Wildman–Crippen MR) is 101 cm³/mol. The quantitative estimate of drug-likeness (QED) is 0.779. The molecule has 1 aliphatic rings. The first-order valence-electron chi connectivity index (χ1n) is 8.74. The molecule has 0 atom stereocenters. The van der Waals surface area contributed by atoms with Crippen molar-refractivity contribution in [3.8, 4) is 5.75 Å². The van der Waals surface area contributed by atoms with Crippen LogP contribution in [0.15, 0.2) is 60.3 Å². The van der Waals surface area contributed by atoms with Gasteiger partial charge in [0.2, 0.25) is 0 Å². The molecule has 0 unspecified atom stereocenters. The fraction of sp³-hybridized carbons (Fsp3) is 0.238. The van der Waals surface area contributed by atoms with Crippen LogP contribution in [-0.2, 0) is 6.42 Å². The molecule has 0 aliphatic carbocycles. The van der Waals surface area contributed by atoms with E-state index in [0.29, 0.717) is 17.8 Å². The van der Waals surface area contributed by atoms with Gasteiger partial charge < -0.3 is 9.84 Å². The molecule has 3 rings (SSSR count). The SMILES string of the molecule is COc1ccc(C2=CC(CO)=CN(CCCc3ccc(F)cc3)N2)cc1F. The Kier molecular flexibility index (Phi) is 6.08. The molecule has 4 nitrogen and oxygen atoms in total. The third-order valence-corrected chi connectivity index (χ3v) is 4.34. The Morgan fingerprint density at radius 3 is 2.56 bits per heavy atom. The zero-order valence-corrected chi connectivity index (χ0v) is 15.1. The molecule has 27 heavy (non-hydrogen) atoms. The third-order valence-electron chi connectivity index (χ3n) is 4.34. The van der Waals surface area contributed by atoms with E-state index in [1.807, 2.05) is 11.2 Å². The molecule has 0 spiro atoms. The van der Waals surface area contributed by atoms with Crippen molar-refractivity contribution in [1.82, 2.24) is 10.4 Å². The average Bonchev–Trinajstić information content (AvgIpc) is 2.69. The molecule has 2 aromatic rings. The van der Waals surface area contributed by atoms with Gasteiger partial charge in [-0.05, 0) is 60.4 Å². The molecule has 0 amide bonds. The fourth-order valence-electron chi connectivity index (χ4n) is 2.94. The van der Waals surface area contributed by atoms with Crippen LogP contribution >= 0.6 is 0 Å². The summed E-state index contributed by atoms with van der Waals surface area (Å²) in [6.07, 6.45) is 5.25. The van der Waals surface area contributed by atoms with Crippen molar-refractivity contribution in [1.29, 1.82) is 0 Å². The highest BCUT2D eigenvalue weighted by atomic mass is 19.1. The predicted octanol–water partition coefficient (Wildman–Crippen LogP) is 3.64. The molecule has 0 saturated heterocycles. The Balaban J connectivity index is 1.66. The van der Waals surface area contributed by atoms with Gasteiger partial charge in [-0.2, -0.15) is 0 Å². The van der Waals surface area contributed by atoms with E-state index in [9.17, 15) is 13.9 Å². The standard InChI is InChI=1S/C21H22F2N2O2/c1-27-21-9-6-17(12-19(21)23)20-11-16(14-26)13-25(24-20)10-2-3-15-4-7-18(22)8-5-15/h4-9,11-13,24,26H,2-3,10,14H2,1H3. The fourth-order valence-corrected chi connectivity index (χ4v) is 2.94. The number of nitrogens with zero attached hydrogens (tertiary/aromatic N) is 1. The highest BCUT2D eigenvalue weighted by molar-refractivity contribution is 5.68. The summed E-state index contributed by atoms with van der Waals surface area (Å²) in [6.45, 7) is 0.565. The molecule has 0 radical (unpaired) electrons. The van der Waals surface area contributed by atoms with Gasteiger partial charge in [0.05, 0.1) is 19.4 Å². The number of nitrogens with one attached hydrogen (secondary N) is 1. The molecular weight excluding hydrogens is 350 g/mol. The summed E-state index contributed by atoms with van der Waals surface area (Å²) < 4.78 is 31.9. The number of aryl methyl sites for hydroxylation is 1. The maximum Gasteiger partial charge on any atom is 0.165 e. The first kappa shape index (κ1) is 18.9. The number of methoxy groups -OCH3 is 1. The molecule has 0 bridgehead atoms. The van der Waals surface area contributed by atoms with Gasteiger partial charge >= 0.3 is 0 Å². The van der Waals surface area contributed by atoms with Crippen molar-refractivity contribution in [2.75, 3.05) is 20.3 Å². The lowest BCUT2D eigenvalue weighted by Gasteiger charge is -2.29. The van der Waals surface area contributed by atoms with Gasteiger partial charge in [-0.15, -0.1) is 0 Å². The number of rotatable bonds is 7. The largest absolute Gasteiger partial charge is 0.494 e. The van der Waals surface area contributed by atoms with Crippen molar-refractivity contribution >= 4 is 5.70 Å². The van der Waals surface area contributed by atoms with Gasteiger partial charge in [0.15, 0.2) is 11.6 Å². The van der Waals surface area contributed by atoms with Crippen LogP contribution in [0.4, 0.5) is 8.78 Å². The highest BCUT2D eigenvalue weighted by Crippen LogP contribution is 2.24. The topological polar surface area (TPSA) is 44.7 Å². The van der Waals surface area contributed by atoms with Crippen LogP contribution in [0, 0.1) is 11.6 Å². The van der Waals surface area contributed by atoms with E-state index in [1.54, 1.807) is 30.3 Å². The Hall–Kier alpha value is -2.86. The van der Waals surface area contributed by atoms with E-state index in [1.165, 1.54) is 25.3 Å². The first-order valence-corrected chi connectivity index (χ1v) is 8.74. The number of aliphatic hydroxyl groups is 1. The molecule has 2 N–H and O–H groups in total. The molecule has 1 aliphatic heterocycles. The smallest absolute Gasteiger partial charge is 0.165 e. The molecule has 6 heteroatoms. The lowest BCUT2D eigenvalue weighted by atomic mass is 10.1. The van der Waals surface area contributed by atoms with Crippen LogP contribution in [-0.4, -0.2) is 30.4 Å². The minimum absolute atomic E-state index is 0.113. The number of hydrogen-bond donors (Lipinski definition) is 2. The molecule has 0 aromatic heterocycles.